The van der Waals surface area contributed by atoms with Crippen molar-refractivity contribution >= 4 is 17.4 Å². The smallest absolute Gasteiger partial charge is 0.784 e. The van der Waals surface area contributed by atoms with Crippen molar-refractivity contribution in [2.45, 2.75) is 0 Å². The third kappa shape index (κ3) is 12.0. The number of hydrogen-bond acceptors (Lipinski definition) is 3. The Labute approximate surface area is 102 Å². The molecule has 0 aliphatic heterocycles. The van der Waals surface area contributed by atoms with E-state index in [2.05, 4.69) is 6.58 Å². The summed E-state index contributed by atoms with van der Waals surface area (Å²) in [4.78, 5) is 0. The van der Waals surface area contributed by atoms with E-state index in [4.69, 9.17) is 13.3 Å². The van der Waals surface area contributed by atoms with Crippen molar-refractivity contribution in [2.75, 3.05) is 0 Å². The van der Waals surface area contributed by atoms with Crippen molar-refractivity contribution < 1.29 is 42.9 Å². The van der Waals surface area contributed by atoms with Gasteiger partial charge in [-0.25, -0.2) is 0 Å². The molecule has 0 atom stereocenters. The molecule has 0 amide bonds. The first kappa shape index (κ1) is 15.5. The third-order valence-electron chi connectivity index (χ3n) is 1.04. The molecule has 0 aliphatic carbocycles. The van der Waals surface area contributed by atoms with Crippen LogP contribution in [0.5, 0.6) is 0 Å². The van der Waals surface area contributed by atoms with Crippen LogP contribution in [-0.2, 0) is 11.4 Å². The summed E-state index contributed by atoms with van der Waals surface area (Å²) in [6.07, 6.45) is 1.83. The molecule has 0 bridgehead atoms. The molecular formula is C8H8NaO3S-. The van der Waals surface area contributed by atoms with Crippen molar-refractivity contribution in [3.63, 3.8) is 0 Å². The second-order valence-electron chi connectivity index (χ2n) is 1.82. The van der Waals surface area contributed by atoms with E-state index < -0.39 is 11.4 Å². The maximum absolute atomic E-state index is 8.44. The Morgan fingerprint density at radius 2 is 1.62 bits per heavy atom. The molecule has 0 saturated carbocycles. The Hall–Kier alpha value is 0.0300. The molecule has 1 aromatic carbocycles. The van der Waals surface area contributed by atoms with E-state index in [0.29, 0.717) is 0 Å². The van der Waals surface area contributed by atoms with Gasteiger partial charge in [0.15, 0.2) is 0 Å². The van der Waals surface area contributed by atoms with Gasteiger partial charge >= 0.3 is 29.6 Å². The van der Waals surface area contributed by atoms with Gasteiger partial charge in [0.1, 0.15) is 0 Å². The predicted octanol–water partition coefficient (Wildman–Crippen LogP) is -1.67. The average molecular weight is 207 g/mol. The van der Waals surface area contributed by atoms with Gasteiger partial charge in [-0.05, 0) is 5.56 Å². The van der Waals surface area contributed by atoms with Gasteiger partial charge in [-0.3, -0.25) is 4.21 Å². The van der Waals surface area contributed by atoms with Crippen molar-refractivity contribution in [3.8, 4) is 0 Å². The van der Waals surface area contributed by atoms with Crippen LogP contribution < -0.4 is 29.6 Å². The Morgan fingerprint density at radius 1 is 1.23 bits per heavy atom. The van der Waals surface area contributed by atoms with Gasteiger partial charge in [-0.1, -0.05) is 43.0 Å². The summed E-state index contributed by atoms with van der Waals surface area (Å²) in [6, 6.07) is 10.0. The third-order valence-corrected chi connectivity index (χ3v) is 1.04. The first-order chi connectivity index (χ1) is 5.66. The van der Waals surface area contributed by atoms with Crippen LogP contribution in [0.2, 0.25) is 0 Å². The zero-order valence-electron chi connectivity index (χ0n) is 7.30. The quantitative estimate of drug-likeness (QED) is 0.408. The molecule has 5 heteroatoms. The fraction of sp³-hybridized carbons (Fsp3) is 0. The maximum Gasteiger partial charge on any atom is 1.00 e. The van der Waals surface area contributed by atoms with E-state index >= 15 is 0 Å². The molecule has 0 saturated heterocycles. The molecule has 0 heterocycles. The van der Waals surface area contributed by atoms with Crippen LogP contribution in [0.1, 0.15) is 5.56 Å². The molecular weight excluding hydrogens is 199 g/mol. The molecule has 66 valence electrons. The molecule has 0 radical (unpaired) electrons. The largest absolute Gasteiger partial charge is 1.00 e. The van der Waals surface area contributed by atoms with E-state index in [1.807, 2.05) is 36.4 Å². The minimum Gasteiger partial charge on any atom is -0.784 e. The standard InChI is InChI=1S/C8H8.Na.H2O3S/c1-2-8-6-4-3-5-7-8;;1-4(2)3/h2-7H,1H2;;(H2,1,2,3)/q;+1;/p-2. The van der Waals surface area contributed by atoms with Crippen LogP contribution in [0, 0.1) is 0 Å². The summed E-state index contributed by atoms with van der Waals surface area (Å²) >= 11 is -3.11. The molecule has 0 fully saturated rings. The number of rotatable bonds is 1. The fourth-order valence-electron chi connectivity index (χ4n) is 0.589. The summed E-state index contributed by atoms with van der Waals surface area (Å²) in [5, 5.41) is 0. The Kier molecular flexibility index (Phi) is 12.1. The van der Waals surface area contributed by atoms with Gasteiger partial charge in [-0.2, -0.15) is 0 Å². The topological polar surface area (TPSA) is 63.2 Å². The van der Waals surface area contributed by atoms with E-state index in [1.54, 1.807) is 0 Å². The van der Waals surface area contributed by atoms with Crippen LogP contribution in [0.4, 0.5) is 0 Å². The number of benzene rings is 1. The Bertz CT molecular complexity index is 247. The first-order valence-electron chi connectivity index (χ1n) is 3.11. The fourth-order valence-corrected chi connectivity index (χ4v) is 0.589. The van der Waals surface area contributed by atoms with Crippen molar-refractivity contribution in [1.29, 1.82) is 0 Å². The van der Waals surface area contributed by atoms with Gasteiger partial charge in [0.2, 0.25) is 0 Å². The summed E-state index contributed by atoms with van der Waals surface area (Å²) in [6.45, 7) is 3.63. The van der Waals surface area contributed by atoms with Gasteiger partial charge in [0, 0.05) is 0 Å². The van der Waals surface area contributed by atoms with Crippen LogP contribution in [0.15, 0.2) is 36.9 Å². The van der Waals surface area contributed by atoms with Crippen molar-refractivity contribution in [2.24, 2.45) is 0 Å². The van der Waals surface area contributed by atoms with E-state index in [-0.39, 0.29) is 29.6 Å². The molecule has 0 spiro atoms. The molecule has 1 rings (SSSR count). The van der Waals surface area contributed by atoms with Crippen molar-refractivity contribution in [1.82, 2.24) is 0 Å². The van der Waals surface area contributed by atoms with Gasteiger partial charge < -0.3 is 9.11 Å². The van der Waals surface area contributed by atoms with Gasteiger partial charge in [-0.15, -0.1) is 11.4 Å². The minimum atomic E-state index is -3.11. The summed E-state index contributed by atoms with van der Waals surface area (Å²) in [7, 11) is 0. The molecule has 0 aromatic heterocycles. The predicted molar refractivity (Wildman–Crippen MR) is 46.2 cm³/mol. The van der Waals surface area contributed by atoms with Crippen molar-refractivity contribution in [3.05, 3.63) is 42.5 Å². The van der Waals surface area contributed by atoms with Crippen LogP contribution in [0.3, 0.4) is 0 Å². The van der Waals surface area contributed by atoms with Crippen LogP contribution >= 0.6 is 0 Å². The summed E-state index contributed by atoms with van der Waals surface area (Å²) in [5.74, 6) is 0. The molecule has 0 N–H and O–H groups in total. The molecule has 3 nitrogen and oxygen atoms in total. The summed E-state index contributed by atoms with van der Waals surface area (Å²) in [5.41, 5.74) is 1.17. The zero-order chi connectivity index (χ0) is 9.40. The molecule has 1 aromatic rings. The van der Waals surface area contributed by atoms with E-state index in [1.165, 1.54) is 5.56 Å². The van der Waals surface area contributed by atoms with E-state index in [0.717, 1.165) is 0 Å². The maximum atomic E-state index is 8.44. The second-order valence-corrected chi connectivity index (χ2v) is 2.23. The first-order valence-corrected chi connectivity index (χ1v) is 4.11. The molecule has 0 aliphatic rings. The van der Waals surface area contributed by atoms with Crippen LogP contribution in [-0.4, -0.2) is 13.3 Å². The SMILES string of the molecule is C=Cc1ccccc1.O=S([O-])[O-].[Na+]. The molecule has 13 heavy (non-hydrogen) atoms. The second kappa shape index (κ2) is 10.1. The summed E-state index contributed by atoms with van der Waals surface area (Å²) < 4.78 is 25.3. The van der Waals surface area contributed by atoms with Gasteiger partial charge in [0.05, 0.1) is 0 Å². The average Bonchev–Trinajstić information content (AvgIpc) is 2.05. The Balaban J connectivity index is 0. The molecule has 0 unspecified atom stereocenters. The monoisotopic (exact) mass is 207 g/mol. The number of hydrogen-bond donors (Lipinski definition) is 0. The zero-order valence-corrected chi connectivity index (χ0v) is 10.1. The minimum absolute atomic E-state index is 0. The normalized spacial score (nSPS) is 7.92. The van der Waals surface area contributed by atoms with Gasteiger partial charge in [0.25, 0.3) is 0 Å². The van der Waals surface area contributed by atoms with Crippen LogP contribution in [0.25, 0.3) is 6.08 Å². The van der Waals surface area contributed by atoms with E-state index in [9.17, 15) is 0 Å². The Morgan fingerprint density at radius 3 is 1.85 bits per heavy atom.